The molecule has 0 aliphatic carbocycles. The van der Waals surface area contributed by atoms with Crippen molar-refractivity contribution in [2.75, 3.05) is 5.32 Å². The summed E-state index contributed by atoms with van der Waals surface area (Å²) in [6, 6.07) is 13.2. The zero-order valence-electron chi connectivity index (χ0n) is 11.2. The molecule has 3 rings (SSSR count). The Morgan fingerprint density at radius 1 is 1.15 bits per heavy atom. The molecule has 2 heterocycles. The van der Waals surface area contributed by atoms with Crippen LogP contribution in [0, 0.1) is 0 Å². The number of thiophene rings is 1. The van der Waals surface area contributed by atoms with E-state index in [1.165, 1.54) is 10.4 Å². The van der Waals surface area contributed by atoms with Crippen LogP contribution < -0.4 is 5.32 Å². The normalized spacial score (nSPS) is 12.2. The molecule has 102 valence electrons. The van der Waals surface area contributed by atoms with Crippen molar-refractivity contribution in [3.05, 3.63) is 58.2 Å². The molecule has 0 saturated carbocycles. The quantitative estimate of drug-likeness (QED) is 0.679. The van der Waals surface area contributed by atoms with Crippen LogP contribution >= 0.6 is 22.7 Å². The summed E-state index contributed by atoms with van der Waals surface area (Å²) in [7, 11) is 0. The fourth-order valence-corrected chi connectivity index (χ4v) is 3.67. The summed E-state index contributed by atoms with van der Waals surface area (Å²) in [5.74, 6) is 0. The van der Waals surface area contributed by atoms with E-state index in [4.69, 9.17) is 0 Å². The van der Waals surface area contributed by atoms with Crippen LogP contribution in [0.1, 0.15) is 24.3 Å². The molecule has 0 amide bonds. The van der Waals surface area contributed by atoms with E-state index in [-0.39, 0.29) is 0 Å². The van der Waals surface area contributed by atoms with E-state index in [9.17, 15) is 0 Å². The molecule has 4 heteroatoms. The van der Waals surface area contributed by atoms with E-state index < -0.39 is 0 Å². The largest absolute Gasteiger partial charge is 0.377 e. The van der Waals surface area contributed by atoms with E-state index in [1.54, 1.807) is 22.7 Å². The first-order valence-electron chi connectivity index (χ1n) is 6.66. The minimum absolute atomic E-state index is 0.376. The summed E-state index contributed by atoms with van der Waals surface area (Å²) in [6.45, 7) is 2.21. The number of hydrogen-bond acceptors (Lipinski definition) is 4. The molecule has 2 aromatic heterocycles. The Bertz CT molecular complexity index is 645. The van der Waals surface area contributed by atoms with Crippen LogP contribution in [-0.4, -0.2) is 4.98 Å². The van der Waals surface area contributed by atoms with Crippen LogP contribution in [-0.2, 0) is 0 Å². The number of rotatable bonds is 5. The fraction of sp³-hybridized carbons (Fsp3) is 0.188. The van der Waals surface area contributed by atoms with Crippen molar-refractivity contribution in [3.63, 3.8) is 0 Å². The van der Waals surface area contributed by atoms with E-state index in [2.05, 4.69) is 59.0 Å². The molecule has 0 aliphatic rings. The number of nitrogens with zero attached hydrogens (tertiary/aromatic N) is 1. The molecule has 0 radical (unpaired) electrons. The summed E-state index contributed by atoms with van der Waals surface area (Å²) in [4.78, 5) is 5.75. The molecule has 0 fully saturated rings. The molecule has 0 spiro atoms. The molecule has 1 atom stereocenters. The number of benzene rings is 1. The van der Waals surface area contributed by atoms with Crippen molar-refractivity contribution in [1.29, 1.82) is 0 Å². The third kappa shape index (κ3) is 2.92. The maximum atomic E-state index is 4.37. The first-order valence-corrected chi connectivity index (χ1v) is 8.42. The maximum absolute atomic E-state index is 4.37. The Morgan fingerprint density at radius 3 is 2.80 bits per heavy atom. The van der Waals surface area contributed by atoms with Gasteiger partial charge < -0.3 is 5.32 Å². The Balaban J connectivity index is 1.82. The first-order chi connectivity index (χ1) is 9.86. The van der Waals surface area contributed by atoms with Gasteiger partial charge in [0.1, 0.15) is 5.01 Å². The minimum Gasteiger partial charge on any atom is -0.377 e. The zero-order valence-corrected chi connectivity index (χ0v) is 12.9. The van der Waals surface area contributed by atoms with E-state index >= 15 is 0 Å². The van der Waals surface area contributed by atoms with Gasteiger partial charge in [0.15, 0.2) is 0 Å². The Hall–Kier alpha value is -1.65. The molecule has 1 N–H and O–H groups in total. The number of aromatic nitrogens is 1. The van der Waals surface area contributed by atoms with Crippen molar-refractivity contribution < 1.29 is 0 Å². The average molecular weight is 300 g/mol. The smallest absolute Gasteiger partial charge is 0.123 e. The number of anilines is 1. The van der Waals surface area contributed by atoms with Crippen LogP contribution in [0.4, 0.5) is 5.69 Å². The average Bonchev–Trinajstić information content (AvgIpc) is 3.17. The van der Waals surface area contributed by atoms with Crippen molar-refractivity contribution in [3.8, 4) is 10.6 Å². The molecule has 20 heavy (non-hydrogen) atoms. The predicted molar refractivity (Wildman–Crippen MR) is 88.5 cm³/mol. The maximum Gasteiger partial charge on any atom is 0.123 e. The van der Waals surface area contributed by atoms with Gasteiger partial charge in [-0.15, -0.1) is 22.7 Å². The van der Waals surface area contributed by atoms with Gasteiger partial charge in [-0.05, 0) is 30.0 Å². The summed E-state index contributed by atoms with van der Waals surface area (Å²) < 4.78 is 0. The highest BCUT2D eigenvalue weighted by Crippen LogP contribution is 2.29. The van der Waals surface area contributed by atoms with Gasteiger partial charge in [-0.25, -0.2) is 4.98 Å². The van der Waals surface area contributed by atoms with Crippen molar-refractivity contribution >= 4 is 28.4 Å². The Morgan fingerprint density at radius 2 is 2.10 bits per heavy atom. The molecular formula is C16H16N2S2. The van der Waals surface area contributed by atoms with Gasteiger partial charge >= 0.3 is 0 Å². The first kappa shape index (κ1) is 13.3. The number of hydrogen-bond donors (Lipinski definition) is 1. The summed E-state index contributed by atoms with van der Waals surface area (Å²) >= 11 is 3.47. The molecule has 0 aliphatic heterocycles. The summed E-state index contributed by atoms with van der Waals surface area (Å²) in [5.41, 5.74) is 2.32. The van der Waals surface area contributed by atoms with Gasteiger partial charge in [0.2, 0.25) is 0 Å². The van der Waals surface area contributed by atoms with E-state index in [1.807, 2.05) is 11.6 Å². The van der Waals surface area contributed by atoms with Crippen molar-refractivity contribution in [2.45, 2.75) is 19.4 Å². The van der Waals surface area contributed by atoms with E-state index in [0.717, 1.165) is 17.1 Å². The van der Waals surface area contributed by atoms with Gasteiger partial charge in [0.05, 0.1) is 6.04 Å². The molecular weight excluding hydrogens is 284 g/mol. The van der Waals surface area contributed by atoms with Gasteiger partial charge in [-0.2, -0.15) is 0 Å². The lowest BCUT2D eigenvalue weighted by Gasteiger charge is -2.17. The van der Waals surface area contributed by atoms with Crippen LogP contribution in [0.25, 0.3) is 10.6 Å². The SMILES string of the molecule is CCC(Nc1cccc(-c2nccs2)c1)c1cccs1. The molecule has 1 aromatic carbocycles. The van der Waals surface area contributed by atoms with Crippen LogP contribution in [0.2, 0.25) is 0 Å². The predicted octanol–water partition coefficient (Wildman–Crippen LogP) is 5.43. The molecule has 3 aromatic rings. The number of nitrogens with one attached hydrogen (secondary N) is 1. The fourth-order valence-electron chi connectivity index (χ4n) is 2.17. The molecule has 0 saturated heterocycles. The van der Waals surface area contributed by atoms with Gasteiger partial charge in [0.25, 0.3) is 0 Å². The second-order valence-corrected chi connectivity index (χ2v) is 6.41. The second kappa shape index (κ2) is 6.20. The van der Waals surface area contributed by atoms with Crippen molar-refractivity contribution in [1.82, 2.24) is 4.98 Å². The third-order valence-corrected chi connectivity index (χ3v) is 4.99. The lowest BCUT2D eigenvalue weighted by molar-refractivity contribution is 0.764. The highest BCUT2D eigenvalue weighted by molar-refractivity contribution is 7.13. The molecule has 2 nitrogen and oxygen atoms in total. The van der Waals surface area contributed by atoms with E-state index in [0.29, 0.717) is 6.04 Å². The van der Waals surface area contributed by atoms with Gasteiger partial charge in [-0.1, -0.05) is 25.1 Å². The zero-order chi connectivity index (χ0) is 13.8. The lowest BCUT2D eigenvalue weighted by atomic mass is 10.1. The number of thiazole rings is 1. The van der Waals surface area contributed by atoms with Crippen LogP contribution in [0.5, 0.6) is 0 Å². The summed E-state index contributed by atoms with van der Waals surface area (Å²) in [5, 5.41) is 8.83. The highest BCUT2D eigenvalue weighted by Gasteiger charge is 2.10. The molecule has 1 unspecified atom stereocenters. The van der Waals surface area contributed by atoms with Crippen LogP contribution in [0.3, 0.4) is 0 Å². The minimum atomic E-state index is 0.376. The monoisotopic (exact) mass is 300 g/mol. The summed E-state index contributed by atoms with van der Waals surface area (Å²) in [6.07, 6.45) is 2.92. The Labute approximate surface area is 127 Å². The topological polar surface area (TPSA) is 24.9 Å². The molecule has 0 bridgehead atoms. The van der Waals surface area contributed by atoms with Crippen LogP contribution in [0.15, 0.2) is 53.4 Å². The lowest BCUT2D eigenvalue weighted by Crippen LogP contribution is -2.07. The highest BCUT2D eigenvalue weighted by atomic mass is 32.1. The van der Waals surface area contributed by atoms with Gasteiger partial charge in [0, 0.05) is 27.7 Å². The Kier molecular flexibility index (Phi) is 4.14. The third-order valence-electron chi connectivity index (χ3n) is 3.18. The van der Waals surface area contributed by atoms with Gasteiger partial charge in [-0.3, -0.25) is 0 Å². The standard InChI is InChI=1S/C16H16N2S2/c1-2-14(15-7-4-9-19-15)18-13-6-3-5-12(11-13)16-17-8-10-20-16/h3-11,14,18H,2H2,1H3. The second-order valence-electron chi connectivity index (χ2n) is 4.54. The van der Waals surface area contributed by atoms with Crippen molar-refractivity contribution in [2.24, 2.45) is 0 Å².